The van der Waals surface area contributed by atoms with E-state index in [-0.39, 0.29) is 6.09 Å². The first-order valence-corrected chi connectivity index (χ1v) is 11.1. The number of carbonyl (C=O) groups is 1. The molecule has 2 aliphatic heterocycles. The van der Waals surface area contributed by atoms with Crippen LogP contribution in [0.5, 0.6) is 0 Å². The Hall–Kier alpha value is -1.70. The average Bonchev–Trinajstić information content (AvgIpc) is 3.18. The Bertz CT molecular complexity index is 734. The second-order valence-electron chi connectivity index (χ2n) is 9.86. The van der Waals surface area contributed by atoms with Crippen molar-refractivity contribution < 1.29 is 24.1 Å². The Morgan fingerprint density at radius 1 is 1.13 bits per heavy atom. The summed E-state index contributed by atoms with van der Waals surface area (Å²) in [7, 11) is 0. The number of carbonyl (C=O) groups excluding carboxylic acids is 1. The van der Waals surface area contributed by atoms with Crippen molar-refractivity contribution in [1.29, 1.82) is 0 Å². The van der Waals surface area contributed by atoms with E-state index < -0.39 is 17.0 Å². The molecule has 4 rings (SSSR count). The van der Waals surface area contributed by atoms with Crippen molar-refractivity contribution in [3.05, 3.63) is 29.6 Å². The predicted molar refractivity (Wildman–Crippen MR) is 111 cm³/mol. The largest absolute Gasteiger partial charge is 0.444 e. The minimum Gasteiger partial charge on any atom is -0.444 e. The fourth-order valence-electron chi connectivity index (χ4n) is 4.73. The number of hydrogen-bond donors (Lipinski definition) is 1. The van der Waals surface area contributed by atoms with Gasteiger partial charge in [-0.2, -0.15) is 0 Å². The third kappa shape index (κ3) is 4.63. The monoisotopic (exact) mass is 418 g/mol. The van der Waals surface area contributed by atoms with E-state index in [1.807, 2.05) is 33.0 Å². The molecule has 3 fully saturated rings. The topological polar surface area (TPSA) is 81.1 Å². The van der Waals surface area contributed by atoms with Gasteiger partial charge < -0.3 is 24.2 Å². The maximum atomic E-state index is 12.3. The van der Waals surface area contributed by atoms with Gasteiger partial charge in [-0.1, -0.05) is 6.07 Å². The van der Waals surface area contributed by atoms with Crippen LogP contribution in [-0.2, 0) is 19.8 Å². The molecule has 1 saturated carbocycles. The molecule has 7 nitrogen and oxygen atoms in total. The Kier molecular flexibility index (Phi) is 5.81. The molecule has 1 spiro atoms. The molecule has 0 atom stereocenters. The maximum absolute atomic E-state index is 12.3. The highest BCUT2D eigenvalue weighted by atomic mass is 16.7. The van der Waals surface area contributed by atoms with Crippen molar-refractivity contribution in [3.63, 3.8) is 0 Å². The molecule has 3 heterocycles. The van der Waals surface area contributed by atoms with Gasteiger partial charge >= 0.3 is 6.09 Å². The minimum absolute atomic E-state index is 0.234. The van der Waals surface area contributed by atoms with Crippen LogP contribution in [0.15, 0.2) is 18.3 Å². The van der Waals surface area contributed by atoms with Crippen LogP contribution in [0.1, 0.15) is 76.5 Å². The number of nitrogens with zero attached hydrogens (tertiary/aromatic N) is 2. The van der Waals surface area contributed by atoms with E-state index in [1.165, 1.54) is 5.56 Å². The van der Waals surface area contributed by atoms with Crippen molar-refractivity contribution in [2.45, 2.75) is 82.2 Å². The normalized spacial score (nSPS) is 24.2. The third-order valence-corrected chi connectivity index (χ3v) is 6.53. The maximum Gasteiger partial charge on any atom is 0.410 e. The van der Waals surface area contributed by atoms with Gasteiger partial charge in [0.1, 0.15) is 11.2 Å². The molecule has 3 aliphatic rings. The number of rotatable bonds is 2. The van der Waals surface area contributed by atoms with Crippen LogP contribution in [-0.4, -0.2) is 58.8 Å². The van der Waals surface area contributed by atoms with Crippen LogP contribution in [0, 0.1) is 0 Å². The van der Waals surface area contributed by atoms with Gasteiger partial charge in [0.05, 0.1) is 18.9 Å². The van der Waals surface area contributed by atoms with Crippen LogP contribution in [0.2, 0.25) is 0 Å². The molecule has 1 aromatic rings. The fourth-order valence-corrected chi connectivity index (χ4v) is 4.73. The van der Waals surface area contributed by atoms with Gasteiger partial charge in [-0.3, -0.25) is 4.98 Å². The highest BCUT2D eigenvalue weighted by molar-refractivity contribution is 5.68. The second-order valence-corrected chi connectivity index (χ2v) is 9.86. The molecule has 1 aliphatic carbocycles. The number of likely N-dealkylation sites (tertiary alicyclic amines) is 1. The van der Waals surface area contributed by atoms with E-state index in [1.54, 1.807) is 4.90 Å². The lowest BCUT2D eigenvalue weighted by Gasteiger charge is -2.40. The molecule has 1 N–H and O–H groups in total. The summed E-state index contributed by atoms with van der Waals surface area (Å²) >= 11 is 0. The highest BCUT2D eigenvalue weighted by Gasteiger charge is 2.46. The van der Waals surface area contributed by atoms with E-state index >= 15 is 0 Å². The zero-order chi connectivity index (χ0) is 21.4. The standard InChI is InChI=1S/C23H34N2O5/c1-21(2,3)30-20(26)25-12-6-17(7-13-25)18-4-5-19(24-16-18)22(27)8-10-23(11-9-22)28-14-15-29-23/h4-5,16-17,27H,6-15H2,1-3H3. The lowest BCUT2D eigenvalue weighted by atomic mass is 9.79. The van der Waals surface area contributed by atoms with Gasteiger partial charge in [-0.25, -0.2) is 4.79 Å². The molecule has 1 amide bonds. The smallest absolute Gasteiger partial charge is 0.410 e. The molecule has 7 heteroatoms. The third-order valence-electron chi connectivity index (χ3n) is 6.53. The number of ether oxygens (including phenoxy) is 3. The van der Waals surface area contributed by atoms with E-state index in [0.717, 1.165) is 18.5 Å². The van der Waals surface area contributed by atoms with Crippen LogP contribution in [0.4, 0.5) is 4.79 Å². The van der Waals surface area contributed by atoms with Crippen molar-refractivity contribution in [2.24, 2.45) is 0 Å². The van der Waals surface area contributed by atoms with E-state index in [9.17, 15) is 9.90 Å². The number of hydrogen-bond acceptors (Lipinski definition) is 6. The highest BCUT2D eigenvalue weighted by Crippen LogP contribution is 2.44. The first kappa shape index (κ1) is 21.5. The van der Waals surface area contributed by atoms with E-state index in [4.69, 9.17) is 14.2 Å². The van der Waals surface area contributed by atoms with Gasteiger partial charge in [-0.05, 0) is 64.0 Å². The molecule has 0 aromatic carbocycles. The Balaban J connectivity index is 1.33. The van der Waals surface area contributed by atoms with Crippen LogP contribution in [0.25, 0.3) is 0 Å². The SMILES string of the molecule is CC(C)(C)OC(=O)N1CCC(c2ccc(C3(O)CCC4(CC3)OCCO4)nc2)CC1. The van der Waals surface area contributed by atoms with E-state index in [0.29, 0.717) is 57.9 Å². The van der Waals surface area contributed by atoms with Gasteiger partial charge in [0.25, 0.3) is 0 Å². The van der Waals surface area contributed by atoms with Gasteiger partial charge in [0.15, 0.2) is 5.79 Å². The summed E-state index contributed by atoms with van der Waals surface area (Å²) in [4.78, 5) is 18.7. The summed E-state index contributed by atoms with van der Waals surface area (Å²) in [6, 6.07) is 4.05. The zero-order valence-electron chi connectivity index (χ0n) is 18.4. The van der Waals surface area contributed by atoms with Crippen molar-refractivity contribution in [2.75, 3.05) is 26.3 Å². The molecular formula is C23H34N2O5. The molecule has 0 bridgehead atoms. The molecule has 0 radical (unpaired) electrons. The second kappa shape index (κ2) is 8.09. The molecule has 0 unspecified atom stereocenters. The summed E-state index contributed by atoms with van der Waals surface area (Å²) in [5.41, 5.74) is 0.508. The Morgan fingerprint density at radius 3 is 2.30 bits per heavy atom. The summed E-state index contributed by atoms with van der Waals surface area (Å²) < 4.78 is 17.0. The first-order chi connectivity index (χ1) is 14.2. The average molecular weight is 419 g/mol. The Morgan fingerprint density at radius 2 is 1.77 bits per heavy atom. The molecule has 30 heavy (non-hydrogen) atoms. The predicted octanol–water partition coefficient (Wildman–Crippen LogP) is 3.70. The minimum atomic E-state index is -0.917. The van der Waals surface area contributed by atoms with Crippen molar-refractivity contribution in [3.8, 4) is 0 Å². The van der Waals surface area contributed by atoms with E-state index in [2.05, 4.69) is 11.1 Å². The quantitative estimate of drug-likeness (QED) is 0.789. The summed E-state index contributed by atoms with van der Waals surface area (Å²) in [6.45, 7) is 8.31. The number of pyridine rings is 1. The summed E-state index contributed by atoms with van der Waals surface area (Å²) in [5, 5.41) is 11.1. The van der Waals surface area contributed by atoms with Crippen molar-refractivity contribution in [1.82, 2.24) is 9.88 Å². The molecule has 2 saturated heterocycles. The van der Waals surface area contributed by atoms with Gasteiger partial charge in [0, 0.05) is 32.1 Å². The Labute approximate surface area is 178 Å². The number of piperidine rings is 1. The lowest BCUT2D eigenvalue weighted by Crippen LogP contribution is -2.42. The number of amides is 1. The van der Waals surface area contributed by atoms with Crippen LogP contribution < -0.4 is 0 Å². The van der Waals surface area contributed by atoms with Gasteiger partial charge in [0.2, 0.25) is 0 Å². The lowest BCUT2D eigenvalue weighted by molar-refractivity contribution is -0.204. The molecular weight excluding hydrogens is 384 g/mol. The summed E-state index contributed by atoms with van der Waals surface area (Å²) in [6.07, 6.45) is 6.01. The number of aromatic nitrogens is 1. The number of aliphatic hydroxyl groups is 1. The van der Waals surface area contributed by atoms with Crippen molar-refractivity contribution >= 4 is 6.09 Å². The van der Waals surface area contributed by atoms with Crippen LogP contribution in [0.3, 0.4) is 0 Å². The van der Waals surface area contributed by atoms with Gasteiger partial charge in [-0.15, -0.1) is 0 Å². The molecule has 1 aromatic heterocycles. The fraction of sp³-hybridized carbons (Fsp3) is 0.739. The summed E-state index contributed by atoms with van der Waals surface area (Å²) in [5.74, 6) is -0.122. The molecule has 166 valence electrons. The van der Waals surface area contributed by atoms with Crippen LogP contribution >= 0.6 is 0 Å². The zero-order valence-corrected chi connectivity index (χ0v) is 18.4. The first-order valence-electron chi connectivity index (χ1n) is 11.1.